The largest absolute Gasteiger partial charge is 0.368 e. The first-order chi connectivity index (χ1) is 8.80. The molecule has 19 heavy (non-hydrogen) atoms. The fraction of sp³-hybridized carbons (Fsp3) is 0.733. The molecule has 4 heteroatoms. The number of rotatable bonds is 6. The van der Waals surface area contributed by atoms with Crippen LogP contribution < -0.4 is 5.32 Å². The van der Waals surface area contributed by atoms with Gasteiger partial charge in [-0.2, -0.15) is 0 Å². The van der Waals surface area contributed by atoms with Crippen LogP contribution in [0.1, 0.15) is 59.5 Å². The second-order valence-corrected chi connectivity index (χ2v) is 5.99. The predicted octanol–water partition coefficient (Wildman–Crippen LogP) is 3.03. The van der Waals surface area contributed by atoms with Crippen molar-refractivity contribution < 1.29 is 4.74 Å². The summed E-state index contributed by atoms with van der Waals surface area (Å²) in [7, 11) is 0. The molecular weight excluding hydrogens is 238 g/mol. The van der Waals surface area contributed by atoms with E-state index in [4.69, 9.17) is 4.74 Å². The number of ether oxygens (including phenoxy) is 1. The van der Waals surface area contributed by atoms with Crippen molar-refractivity contribution in [2.45, 2.75) is 65.6 Å². The first-order valence-corrected chi connectivity index (χ1v) is 7.02. The molecule has 1 N–H and O–H groups in total. The Morgan fingerprint density at radius 3 is 2.42 bits per heavy atom. The second kappa shape index (κ2) is 6.44. The third-order valence-corrected chi connectivity index (χ3v) is 3.12. The van der Waals surface area contributed by atoms with Gasteiger partial charge in [0.25, 0.3) is 0 Å². The molecule has 0 aliphatic carbocycles. The molecule has 0 amide bonds. The molecule has 0 radical (unpaired) electrons. The van der Waals surface area contributed by atoms with Crippen LogP contribution in [0.25, 0.3) is 0 Å². The first kappa shape index (κ1) is 16.1. The highest BCUT2D eigenvalue weighted by atomic mass is 16.5. The fourth-order valence-corrected chi connectivity index (χ4v) is 1.75. The van der Waals surface area contributed by atoms with Crippen molar-refractivity contribution in [3.05, 3.63) is 23.8 Å². The normalized spacial score (nSPS) is 15.3. The van der Waals surface area contributed by atoms with E-state index in [2.05, 4.69) is 43.0 Å². The monoisotopic (exact) mass is 265 g/mol. The maximum atomic E-state index is 5.82. The molecule has 0 aliphatic rings. The topological polar surface area (TPSA) is 47.0 Å². The van der Waals surface area contributed by atoms with Crippen LogP contribution in [-0.4, -0.2) is 22.1 Å². The van der Waals surface area contributed by atoms with Crippen LogP contribution in [-0.2, 0) is 16.9 Å². The Balaban J connectivity index is 2.87. The van der Waals surface area contributed by atoms with E-state index in [0.29, 0.717) is 6.61 Å². The van der Waals surface area contributed by atoms with Crippen LogP contribution in [0.3, 0.4) is 0 Å². The Kier molecular flexibility index (Phi) is 5.44. The SMILES string of the molecule is CCOC(C)(CC)c1nccc(CNC(C)(C)C)n1. The zero-order chi connectivity index (χ0) is 14.5. The molecular formula is C15H27N3O. The Labute approximate surface area is 117 Å². The van der Waals surface area contributed by atoms with Crippen LogP contribution in [0, 0.1) is 0 Å². The van der Waals surface area contributed by atoms with Gasteiger partial charge in [0.2, 0.25) is 0 Å². The number of hydrogen-bond acceptors (Lipinski definition) is 4. The van der Waals surface area contributed by atoms with Gasteiger partial charge in [-0.05, 0) is 47.1 Å². The molecule has 1 heterocycles. The average Bonchev–Trinajstić information content (AvgIpc) is 2.36. The minimum atomic E-state index is -0.396. The van der Waals surface area contributed by atoms with E-state index in [1.807, 2.05) is 26.1 Å². The van der Waals surface area contributed by atoms with Crippen LogP contribution >= 0.6 is 0 Å². The molecule has 0 fully saturated rings. The van der Waals surface area contributed by atoms with E-state index in [1.54, 1.807) is 0 Å². The highest BCUT2D eigenvalue weighted by molar-refractivity contribution is 5.08. The summed E-state index contributed by atoms with van der Waals surface area (Å²) in [6, 6.07) is 1.95. The van der Waals surface area contributed by atoms with Gasteiger partial charge >= 0.3 is 0 Å². The van der Waals surface area contributed by atoms with Crippen molar-refractivity contribution in [2.24, 2.45) is 0 Å². The summed E-state index contributed by atoms with van der Waals surface area (Å²) >= 11 is 0. The van der Waals surface area contributed by atoms with E-state index in [1.165, 1.54) is 0 Å². The summed E-state index contributed by atoms with van der Waals surface area (Å²) < 4.78 is 5.82. The van der Waals surface area contributed by atoms with Crippen LogP contribution in [0.4, 0.5) is 0 Å². The highest BCUT2D eigenvalue weighted by Crippen LogP contribution is 2.25. The van der Waals surface area contributed by atoms with E-state index >= 15 is 0 Å². The van der Waals surface area contributed by atoms with Crippen LogP contribution in [0.2, 0.25) is 0 Å². The molecule has 1 unspecified atom stereocenters. The summed E-state index contributed by atoms with van der Waals surface area (Å²) in [5.74, 6) is 0.769. The van der Waals surface area contributed by atoms with E-state index in [0.717, 1.165) is 24.5 Å². The lowest BCUT2D eigenvalue weighted by Gasteiger charge is -2.27. The molecule has 0 spiro atoms. The van der Waals surface area contributed by atoms with Gasteiger partial charge in [-0.1, -0.05) is 6.92 Å². The van der Waals surface area contributed by atoms with Gasteiger partial charge in [0.05, 0.1) is 5.69 Å². The smallest absolute Gasteiger partial charge is 0.160 e. The highest BCUT2D eigenvalue weighted by Gasteiger charge is 2.28. The molecule has 0 aliphatic heterocycles. The maximum Gasteiger partial charge on any atom is 0.160 e. The Bertz CT molecular complexity index is 401. The van der Waals surface area contributed by atoms with Crippen molar-refractivity contribution in [1.29, 1.82) is 0 Å². The molecule has 108 valence electrons. The summed E-state index contributed by atoms with van der Waals surface area (Å²) in [4.78, 5) is 9.02. The molecule has 1 rings (SSSR count). The third kappa shape index (κ3) is 4.88. The van der Waals surface area contributed by atoms with Gasteiger partial charge in [-0.3, -0.25) is 0 Å². The Hall–Kier alpha value is -1.00. The third-order valence-electron chi connectivity index (χ3n) is 3.12. The second-order valence-electron chi connectivity index (χ2n) is 5.99. The van der Waals surface area contributed by atoms with Crippen molar-refractivity contribution in [3.8, 4) is 0 Å². The lowest BCUT2D eigenvalue weighted by Crippen LogP contribution is -2.35. The Morgan fingerprint density at radius 1 is 1.21 bits per heavy atom. The zero-order valence-electron chi connectivity index (χ0n) is 13.1. The van der Waals surface area contributed by atoms with Gasteiger partial charge in [-0.25, -0.2) is 9.97 Å². The zero-order valence-corrected chi connectivity index (χ0v) is 13.1. The lowest BCUT2D eigenvalue weighted by molar-refractivity contribution is -0.0392. The summed E-state index contributed by atoms with van der Waals surface area (Å²) in [6.45, 7) is 14.0. The van der Waals surface area contributed by atoms with E-state index in [-0.39, 0.29) is 5.54 Å². The molecule has 1 atom stereocenters. The van der Waals surface area contributed by atoms with Gasteiger partial charge in [0.1, 0.15) is 5.60 Å². The molecule has 1 aromatic heterocycles. The van der Waals surface area contributed by atoms with E-state index < -0.39 is 5.60 Å². The molecule has 0 aromatic carbocycles. The Morgan fingerprint density at radius 2 is 1.89 bits per heavy atom. The molecule has 0 saturated carbocycles. The van der Waals surface area contributed by atoms with Gasteiger partial charge in [-0.15, -0.1) is 0 Å². The predicted molar refractivity (Wildman–Crippen MR) is 77.9 cm³/mol. The molecule has 4 nitrogen and oxygen atoms in total. The standard InChI is InChI=1S/C15H27N3O/c1-7-15(6,19-8-2)13-16-10-9-12(18-13)11-17-14(3,4)5/h9-10,17H,7-8,11H2,1-6H3. The van der Waals surface area contributed by atoms with Crippen molar-refractivity contribution in [2.75, 3.05) is 6.61 Å². The fourth-order valence-electron chi connectivity index (χ4n) is 1.75. The number of nitrogens with zero attached hydrogens (tertiary/aromatic N) is 2. The first-order valence-electron chi connectivity index (χ1n) is 7.02. The quantitative estimate of drug-likeness (QED) is 0.859. The molecule has 0 bridgehead atoms. The van der Waals surface area contributed by atoms with Crippen LogP contribution in [0.15, 0.2) is 12.3 Å². The number of nitrogens with one attached hydrogen (secondary N) is 1. The molecule has 1 aromatic rings. The summed E-state index contributed by atoms with van der Waals surface area (Å²) in [5, 5.41) is 3.44. The lowest BCUT2D eigenvalue weighted by atomic mass is 10.0. The number of hydrogen-bond donors (Lipinski definition) is 1. The average molecular weight is 265 g/mol. The van der Waals surface area contributed by atoms with Gasteiger partial charge < -0.3 is 10.1 Å². The molecule has 0 saturated heterocycles. The van der Waals surface area contributed by atoms with Crippen molar-refractivity contribution >= 4 is 0 Å². The van der Waals surface area contributed by atoms with Crippen molar-refractivity contribution in [3.63, 3.8) is 0 Å². The summed E-state index contributed by atoms with van der Waals surface area (Å²) in [6.07, 6.45) is 2.67. The van der Waals surface area contributed by atoms with Crippen LogP contribution in [0.5, 0.6) is 0 Å². The number of aromatic nitrogens is 2. The van der Waals surface area contributed by atoms with Gasteiger partial charge in [0.15, 0.2) is 5.82 Å². The van der Waals surface area contributed by atoms with E-state index in [9.17, 15) is 0 Å². The minimum Gasteiger partial charge on any atom is -0.368 e. The summed E-state index contributed by atoms with van der Waals surface area (Å²) in [5.41, 5.74) is 0.685. The van der Waals surface area contributed by atoms with Crippen molar-refractivity contribution in [1.82, 2.24) is 15.3 Å². The van der Waals surface area contributed by atoms with Gasteiger partial charge in [0, 0.05) is 24.9 Å². The minimum absolute atomic E-state index is 0.0824. The maximum absolute atomic E-state index is 5.82.